The van der Waals surface area contributed by atoms with E-state index >= 15 is 0 Å². The number of benzene rings is 12. The minimum absolute atomic E-state index is 0.636. The fourth-order valence-electron chi connectivity index (χ4n) is 10.9. The van der Waals surface area contributed by atoms with Crippen molar-refractivity contribution in [3.63, 3.8) is 0 Å². The zero-order chi connectivity index (χ0) is 45.9. The Morgan fingerprint density at radius 1 is 0.243 bits per heavy atom. The van der Waals surface area contributed by atoms with Crippen molar-refractivity contribution >= 4 is 117 Å². The van der Waals surface area contributed by atoms with Gasteiger partial charge >= 0.3 is 0 Å². The van der Waals surface area contributed by atoms with Gasteiger partial charge in [-0.05, 0) is 107 Å². The molecule has 0 amide bonds. The van der Waals surface area contributed by atoms with Crippen LogP contribution in [-0.2, 0) is 0 Å². The van der Waals surface area contributed by atoms with Crippen molar-refractivity contribution < 1.29 is 0 Å². The van der Waals surface area contributed by atoms with E-state index in [0.717, 1.165) is 27.6 Å². The fourth-order valence-corrected chi connectivity index (χ4v) is 13.4. The fraction of sp³-hybridized carbons (Fsp3) is 0. The number of thiophene rings is 2. The van der Waals surface area contributed by atoms with Crippen LogP contribution in [0, 0.1) is 0 Å². The van der Waals surface area contributed by atoms with E-state index in [2.05, 4.69) is 224 Å². The van der Waals surface area contributed by atoms with Crippen molar-refractivity contribution in [2.45, 2.75) is 0 Å². The van der Waals surface area contributed by atoms with Gasteiger partial charge in [-0.3, -0.25) is 0 Å². The van der Waals surface area contributed by atoms with E-state index < -0.39 is 0 Å². The van der Waals surface area contributed by atoms with Gasteiger partial charge in [-0.25, -0.2) is 15.0 Å². The molecule has 12 aromatic carbocycles. The molecule has 0 N–H and O–H groups in total. The number of hydrogen-bond donors (Lipinski definition) is 0. The number of rotatable bonds is 5. The lowest BCUT2D eigenvalue weighted by atomic mass is 9.87. The molecule has 15 rings (SSSR count). The zero-order valence-corrected chi connectivity index (χ0v) is 39.2. The third-order valence-electron chi connectivity index (χ3n) is 14.3. The molecule has 0 aliphatic rings. The highest BCUT2D eigenvalue weighted by Crippen LogP contribution is 2.50. The molecular formula is C65H37N3S2. The van der Waals surface area contributed by atoms with Crippen LogP contribution in [0.15, 0.2) is 224 Å². The third kappa shape index (κ3) is 6.15. The smallest absolute Gasteiger partial charge is 0.164 e. The molecule has 3 nitrogen and oxygen atoms in total. The van der Waals surface area contributed by atoms with Gasteiger partial charge in [-0.1, -0.05) is 188 Å². The average Bonchev–Trinajstić information content (AvgIpc) is 4.00. The molecule has 0 aliphatic heterocycles. The van der Waals surface area contributed by atoms with Crippen LogP contribution >= 0.6 is 22.7 Å². The molecule has 0 spiro atoms. The maximum atomic E-state index is 5.23. The summed E-state index contributed by atoms with van der Waals surface area (Å²) in [5, 5.41) is 17.7. The molecular weight excluding hydrogens is 887 g/mol. The molecule has 5 heteroatoms. The quantitative estimate of drug-likeness (QED) is 0.161. The highest BCUT2D eigenvalue weighted by molar-refractivity contribution is 7.27. The highest BCUT2D eigenvalue weighted by atomic mass is 32.1. The molecule has 3 aromatic heterocycles. The molecule has 70 heavy (non-hydrogen) atoms. The van der Waals surface area contributed by atoms with Crippen LogP contribution in [0.3, 0.4) is 0 Å². The first-order chi connectivity index (χ1) is 34.7. The number of nitrogens with zero attached hydrogens (tertiary/aromatic N) is 3. The summed E-state index contributed by atoms with van der Waals surface area (Å²) in [6.45, 7) is 0. The molecule has 324 valence electrons. The van der Waals surface area contributed by atoms with E-state index in [1.807, 2.05) is 11.3 Å². The normalized spacial score (nSPS) is 12.0. The molecule has 0 atom stereocenters. The van der Waals surface area contributed by atoms with Gasteiger partial charge in [-0.15, -0.1) is 22.7 Å². The summed E-state index contributed by atoms with van der Waals surface area (Å²) in [4.78, 5) is 15.6. The lowest BCUT2D eigenvalue weighted by molar-refractivity contribution is 1.08. The van der Waals surface area contributed by atoms with Gasteiger partial charge in [0, 0.05) is 62.4 Å². The molecule has 0 fully saturated rings. The van der Waals surface area contributed by atoms with E-state index in [4.69, 9.17) is 15.0 Å². The molecule has 0 saturated heterocycles. The van der Waals surface area contributed by atoms with Crippen LogP contribution in [0.5, 0.6) is 0 Å². The number of aromatic nitrogens is 3. The van der Waals surface area contributed by atoms with Crippen molar-refractivity contribution in [1.29, 1.82) is 0 Å². The van der Waals surface area contributed by atoms with Crippen LogP contribution < -0.4 is 0 Å². The first kappa shape index (κ1) is 39.4. The molecule has 0 radical (unpaired) electrons. The second-order valence-electron chi connectivity index (χ2n) is 18.2. The van der Waals surface area contributed by atoms with E-state index in [1.54, 1.807) is 11.3 Å². The van der Waals surface area contributed by atoms with Gasteiger partial charge in [0.15, 0.2) is 17.5 Å². The summed E-state index contributed by atoms with van der Waals surface area (Å²) in [6.07, 6.45) is 0. The Labute approximate surface area is 410 Å². The Kier molecular flexibility index (Phi) is 8.70. The molecule has 15 aromatic rings. The second-order valence-corrected chi connectivity index (χ2v) is 20.4. The highest BCUT2D eigenvalue weighted by Gasteiger charge is 2.22. The Balaban J connectivity index is 0.915. The minimum atomic E-state index is 0.636. The first-order valence-corrected chi connectivity index (χ1v) is 25.3. The van der Waals surface area contributed by atoms with Crippen molar-refractivity contribution in [2.24, 2.45) is 0 Å². The Morgan fingerprint density at radius 2 is 0.743 bits per heavy atom. The van der Waals surface area contributed by atoms with Crippen LogP contribution in [-0.4, -0.2) is 15.0 Å². The van der Waals surface area contributed by atoms with E-state index in [1.165, 1.54) is 106 Å². The Morgan fingerprint density at radius 3 is 1.50 bits per heavy atom. The van der Waals surface area contributed by atoms with Gasteiger partial charge < -0.3 is 0 Å². The summed E-state index contributed by atoms with van der Waals surface area (Å²) >= 11 is 3.73. The molecule has 3 heterocycles. The first-order valence-electron chi connectivity index (χ1n) is 23.7. The maximum Gasteiger partial charge on any atom is 0.164 e. The largest absolute Gasteiger partial charge is 0.208 e. The van der Waals surface area contributed by atoms with E-state index in [9.17, 15) is 0 Å². The third-order valence-corrected chi connectivity index (χ3v) is 16.6. The van der Waals surface area contributed by atoms with Crippen molar-refractivity contribution in [3.05, 3.63) is 224 Å². The van der Waals surface area contributed by atoms with Crippen LogP contribution in [0.2, 0.25) is 0 Å². The molecule has 0 bridgehead atoms. The zero-order valence-electron chi connectivity index (χ0n) is 37.5. The number of fused-ring (bicyclic) bond motifs is 15. The predicted octanol–water partition coefficient (Wildman–Crippen LogP) is 18.7. The summed E-state index contributed by atoms with van der Waals surface area (Å²) in [7, 11) is 0. The van der Waals surface area contributed by atoms with Crippen LogP contribution in [0.25, 0.3) is 151 Å². The average molecular weight is 924 g/mol. The monoisotopic (exact) mass is 923 g/mol. The molecule has 0 saturated carbocycles. The van der Waals surface area contributed by atoms with Gasteiger partial charge in [0.2, 0.25) is 0 Å². The summed E-state index contributed by atoms with van der Waals surface area (Å²) in [5.41, 5.74) is 7.58. The number of hydrogen-bond acceptors (Lipinski definition) is 5. The van der Waals surface area contributed by atoms with Gasteiger partial charge in [0.1, 0.15) is 0 Å². The standard InChI is InChI=1S/C65H37N3S2/c1-2-14-41-33-44(30-25-38(41)13-1)64-66-63(67-65(68-64)45-31-32-52-51-22-11-12-24-57(51)69-58(52)36-45)40-28-26-39(27-29-40)46-17-5-6-18-47(46)54-37-55-50-21-8-7-19-48(50)49-20-9-10-23-53(49)60(55)62-61(54)56-34-42-15-3-4-16-43(42)35-59(56)70-62/h1-37H. The molecule has 0 unspecified atom stereocenters. The summed E-state index contributed by atoms with van der Waals surface area (Å²) in [5.74, 6) is 1.93. The Hall–Kier alpha value is -8.61. The van der Waals surface area contributed by atoms with Crippen molar-refractivity contribution in [1.82, 2.24) is 15.0 Å². The lowest BCUT2D eigenvalue weighted by Crippen LogP contribution is -2.00. The minimum Gasteiger partial charge on any atom is -0.208 e. The second kappa shape index (κ2) is 15.5. The van der Waals surface area contributed by atoms with Crippen LogP contribution in [0.4, 0.5) is 0 Å². The van der Waals surface area contributed by atoms with Crippen LogP contribution in [0.1, 0.15) is 0 Å². The van der Waals surface area contributed by atoms with E-state index in [0.29, 0.717) is 17.5 Å². The Bertz CT molecular complexity index is 4660. The van der Waals surface area contributed by atoms with Gasteiger partial charge in [0.05, 0.1) is 0 Å². The predicted molar refractivity (Wildman–Crippen MR) is 300 cm³/mol. The topological polar surface area (TPSA) is 38.7 Å². The SMILES string of the molecule is c1ccc(-c2cc3c4ccccc4c4ccccc4c3c3sc4cc5ccccc5cc4c23)c(-c2ccc(-c3nc(-c4ccc5ccccc5c4)nc(-c4ccc5c(c4)sc4ccccc45)n3)cc2)c1. The maximum absolute atomic E-state index is 5.23. The van der Waals surface area contributed by atoms with E-state index in [-0.39, 0.29) is 0 Å². The molecule has 0 aliphatic carbocycles. The lowest BCUT2D eigenvalue weighted by Gasteiger charge is -2.17. The van der Waals surface area contributed by atoms with Gasteiger partial charge in [-0.2, -0.15) is 0 Å². The van der Waals surface area contributed by atoms with Gasteiger partial charge in [0.25, 0.3) is 0 Å². The summed E-state index contributed by atoms with van der Waals surface area (Å²) < 4.78 is 5.10. The van der Waals surface area contributed by atoms with Crippen molar-refractivity contribution in [3.8, 4) is 56.4 Å². The van der Waals surface area contributed by atoms with Crippen molar-refractivity contribution in [2.75, 3.05) is 0 Å². The summed E-state index contributed by atoms with van der Waals surface area (Å²) in [6, 6.07) is 81.7.